The molecule has 30 heavy (non-hydrogen) atoms. The van der Waals surface area contributed by atoms with E-state index in [0.717, 1.165) is 22.2 Å². The highest BCUT2D eigenvalue weighted by molar-refractivity contribution is 6.30. The first-order valence-electron chi connectivity index (χ1n) is 9.37. The predicted molar refractivity (Wildman–Crippen MR) is 115 cm³/mol. The summed E-state index contributed by atoms with van der Waals surface area (Å²) in [6.07, 6.45) is 1.69. The predicted octanol–water partition coefficient (Wildman–Crippen LogP) is 5.65. The van der Waals surface area contributed by atoms with E-state index in [0.29, 0.717) is 27.6 Å². The first-order chi connectivity index (χ1) is 14.6. The largest absolute Gasteiger partial charge is 0.472 e. The SMILES string of the molecule is Cc1ccc2c(ncc3c(OCc4ccccc4F)n(-c4ccc(Cl)cc4)nc32)n1. The Labute approximate surface area is 176 Å². The number of aromatic nitrogens is 4. The highest BCUT2D eigenvalue weighted by atomic mass is 35.5. The van der Waals surface area contributed by atoms with E-state index in [-0.39, 0.29) is 12.4 Å². The number of fused-ring (bicyclic) bond motifs is 3. The molecule has 3 aromatic heterocycles. The zero-order chi connectivity index (χ0) is 20.7. The van der Waals surface area contributed by atoms with Gasteiger partial charge >= 0.3 is 0 Å². The maximum atomic E-state index is 14.1. The summed E-state index contributed by atoms with van der Waals surface area (Å²) < 4.78 is 21.9. The van der Waals surface area contributed by atoms with Crippen LogP contribution < -0.4 is 4.74 Å². The van der Waals surface area contributed by atoms with Gasteiger partial charge in [0, 0.05) is 27.9 Å². The Morgan fingerprint density at radius 2 is 1.80 bits per heavy atom. The number of hydrogen-bond acceptors (Lipinski definition) is 4. The second kappa shape index (κ2) is 7.39. The summed E-state index contributed by atoms with van der Waals surface area (Å²) in [5.41, 5.74) is 3.44. The highest BCUT2D eigenvalue weighted by Crippen LogP contribution is 2.33. The highest BCUT2D eigenvalue weighted by Gasteiger charge is 2.18. The van der Waals surface area contributed by atoms with Gasteiger partial charge in [0.05, 0.1) is 11.1 Å². The zero-order valence-corrected chi connectivity index (χ0v) is 16.8. The third-order valence-corrected chi connectivity index (χ3v) is 5.11. The topological polar surface area (TPSA) is 52.8 Å². The van der Waals surface area contributed by atoms with Crippen LogP contribution in [-0.4, -0.2) is 19.7 Å². The van der Waals surface area contributed by atoms with Crippen molar-refractivity contribution in [1.29, 1.82) is 0 Å². The van der Waals surface area contributed by atoms with Crippen molar-refractivity contribution < 1.29 is 9.13 Å². The van der Waals surface area contributed by atoms with E-state index in [2.05, 4.69) is 9.97 Å². The minimum Gasteiger partial charge on any atom is -0.472 e. The van der Waals surface area contributed by atoms with E-state index in [4.69, 9.17) is 21.4 Å². The molecule has 3 heterocycles. The fourth-order valence-corrected chi connectivity index (χ4v) is 3.47. The van der Waals surface area contributed by atoms with Crippen LogP contribution >= 0.6 is 11.6 Å². The van der Waals surface area contributed by atoms with Crippen LogP contribution in [0, 0.1) is 12.7 Å². The third-order valence-electron chi connectivity index (χ3n) is 4.86. The molecular formula is C23H16ClFN4O. The molecule has 0 aliphatic heterocycles. The molecule has 5 rings (SSSR count). The molecule has 0 unspecified atom stereocenters. The Morgan fingerprint density at radius 3 is 2.60 bits per heavy atom. The molecule has 2 aromatic carbocycles. The minimum absolute atomic E-state index is 0.0608. The van der Waals surface area contributed by atoms with E-state index in [1.807, 2.05) is 31.2 Å². The summed E-state index contributed by atoms with van der Waals surface area (Å²) >= 11 is 6.05. The van der Waals surface area contributed by atoms with Crippen molar-refractivity contribution in [2.75, 3.05) is 0 Å². The average molecular weight is 419 g/mol. The van der Waals surface area contributed by atoms with Crippen LogP contribution in [0.3, 0.4) is 0 Å². The fraction of sp³-hybridized carbons (Fsp3) is 0.0870. The summed E-state index contributed by atoms with van der Waals surface area (Å²) in [5, 5.41) is 6.94. The van der Waals surface area contributed by atoms with Gasteiger partial charge in [0.1, 0.15) is 17.9 Å². The van der Waals surface area contributed by atoms with Crippen molar-refractivity contribution in [3.05, 3.63) is 89.0 Å². The lowest BCUT2D eigenvalue weighted by atomic mass is 10.2. The molecule has 0 aliphatic rings. The van der Waals surface area contributed by atoms with Crippen molar-refractivity contribution in [3.63, 3.8) is 0 Å². The molecule has 0 saturated carbocycles. The summed E-state index contributed by atoms with van der Waals surface area (Å²) in [6, 6.07) is 17.7. The summed E-state index contributed by atoms with van der Waals surface area (Å²) in [6.45, 7) is 1.98. The van der Waals surface area contributed by atoms with Crippen LogP contribution in [0.25, 0.3) is 27.6 Å². The normalized spacial score (nSPS) is 11.3. The van der Waals surface area contributed by atoms with Crippen molar-refractivity contribution >= 4 is 33.5 Å². The maximum Gasteiger partial charge on any atom is 0.226 e. The van der Waals surface area contributed by atoms with E-state index in [1.54, 1.807) is 41.2 Å². The summed E-state index contributed by atoms with van der Waals surface area (Å²) in [7, 11) is 0. The number of pyridine rings is 2. The molecule has 0 N–H and O–H groups in total. The molecule has 0 spiro atoms. The van der Waals surface area contributed by atoms with Crippen molar-refractivity contribution in [3.8, 4) is 11.6 Å². The van der Waals surface area contributed by atoms with Crippen LogP contribution in [-0.2, 0) is 6.61 Å². The van der Waals surface area contributed by atoms with E-state index in [1.165, 1.54) is 6.07 Å². The van der Waals surface area contributed by atoms with Crippen LogP contribution in [0.15, 0.2) is 66.9 Å². The summed E-state index contributed by atoms with van der Waals surface area (Å²) in [5.74, 6) is 0.160. The van der Waals surface area contributed by atoms with Gasteiger partial charge in [-0.3, -0.25) is 0 Å². The molecule has 0 aliphatic carbocycles. The minimum atomic E-state index is -0.317. The third kappa shape index (κ3) is 3.25. The van der Waals surface area contributed by atoms with Gasteiger partial charge in [0.15, 0.2) is 5.65 Å². The first kappa shape index (κ1) is 18.5. The molecule has 148 valence electrons. The van der Waals surface area contributed by atoms with Gasteiger partial charge in [-0.15, -0.1) is 0 Å². The van der Waals surface area contributed by atoms with Gasteiger partial charge in [0.2, 0.25) is 5.88 Å². The van der Waals surface area contributed by atoms with Crippen molar-refractivity contribution in [1.82, 2.24) is 19.7 Å². The molecule has 7 heteroatoms. The van der Waals surface area contributed by atoms with Gasteiger partial charge in [-0.2, -0.15) is 9.78 Å². The van der Waals surface area contributed by atoms with Crippen molar-refractivity contribution in [2.45, 2.75) is 13.5 Å². The van der Waals surface area contributed by atoms with Crippen LogP contribution in [0.1, 0.15) is 11.3 Å². The van der Waals surface area contributed by atoms with E-state index < -0.39 is 0 Å². The Kier molecular flexibility index (Phi) is 4.56. The fourth-order valence-electron chi connectivity index (χ4n) is 3.34. The van der Waals surface area contributed by atoms with Gasteiger partial charge in [-0.25, -0.2) is 14.4 Å². The number of halogens is 2. The lowest BCUT2D eigenvalue weighted by Gasteiger charge is -2.10. The van der Waals surface area contributed by atoms with Gasteiger partial charge in [0.25, 0.3) is 0 Å². The standard InChI is InChI=1S/C23H16ClFN4O/c1-14-6-11-18-21-19(12-26-22(18)27-14)23(30-13-15-4-2-3-5-20(15)25)29(28-21)17-9-7-16(24)8-10-17/h2-12H,13H2,1H3. The van der Waals surface area contributed by atoms with Gasteiger partial charge in [-0.1, -0.05) is 29.8 Å². The number of hydrogen-bond donors (Lipinski definition) is 0. The van der Waals surface area contributed by atoms with Gasteiger partial charge in [-0.05, 0) is 49.4 Å². The van der Waals surface area contributed by atoms with Crippen LogP contribution in [0.2, 0.25) is 5.02 Å². The molecule has 0 bridgehead atoms. The number of rotatable bonds is 4. The second-order valence-electron chi connectivity index (χ2n) is 6.92. The number of benzene rings is 2. The molecule has 0 radical (unpaired) electrons. The Hall–Kier alpha value is -3.51. The molecule has 5 nitrogen and oxygen atoms in total. The number of ether oxygens (including phenoxy) is 1. The average Bonchev–Trinajstić information content (AvgIpc) is 3.12. The molecule has 5 aromatic rings. The van der Waals surface area contributed by atoms with E-state index in [9.17, 15) is 4.39 Å². The second-order valence-corrected chi connectivity index (χ2v) is 7.35. The molecular weight excluding hydrogens is 403 g/mol. The monoisotopic (exact) mass is 418 g/mol. The van der Waals surface area contributed by atoms with Gasteiger partial charge < -0.3 is 4.74 Å². The number of aryl methyl sites for hydroxylation is 1. The Balaban J connectivity index is 1.69. The lowest BCUT2D eigenvalue weighted by Crippen LogP contribution is -2.04. The zero-order valence-electron chi connectivity index (χ0n) is 16.0. The smallest absolute Gasteiger partial charge is 0.226 e. The Bertz CT molecular complexity index is 1380. The molecule has 0 amide bonds. The first-order valence-corrected chi connectivity index (χ1v) is 9.75. The quantitative estimate of drug-likeness (QED) is 0.378. The van der Waals surface area contributed by atoms with Crippen molar-refractivity contribution in [2.24, 2.45) is 0 Å². The van der Waals surface area contributed by atoms with E-state index >= 15 is 0 Å². The molecule has 0 saturated heterocycles. The number of nitrogens with zero attached hydrogens (tertiary/aromatic N) is 4. The molecule has 0 atom stereocenters. The van der Waals surface area contributed by atoms with Crippen LogP contribution in [0.5, 0.6) is 5.88 Å². The Morgan fingerprint density at radius 1 is 1.00 bits per heavy atom. The lowest BCUT2D eigenvalue weighted by molar-refractivity contribution is 0.282. The summed E-state index contributed by atoms with van der Waals surface area (Å²) in [4.78, 5) is 8.97. The van der Waals surface area contributed by atoms with Crippen LogP contribution in [0.4, 0.5) is 4.39 Å². The molecule has 0 fully saturated rings. The maximum absolute atomic E-state index is 14.1.